The average molecular weight is 254 g/mol. The van der Waals surface area contributed by atoms with Crippen molar-refractivity contribution in [2.75, 3.05) is 19.6 Å². The summed E-state index contributed by atoms with van der Waals surface area (Å²) in [4.78, 5) is 2.74. The first kappa shape index (κ1) is 16.0. The van der Waals surface area contributed by atoms with E-state index in [0.29, 0.717) is 11.5 Å². The highest BCUT2D eigenvalue weighted by Gasteiger charge is 2.35. The minimum absolute atomic E-state index is 0.523. The molecule has 0 saturated carbocycles. The predicted molar refractivity (Wildman–Crippen MR) is 81.0 cm³/mol. The van der Waals surface area contributed by atoms with Gasteiger partial charge in [0.05, 0.1) is 0 Å². The lowest BCUT2D eigenvalue weighted by molar-refractivity contribution is 0.163. The minimum atomic E-state index is 0.523. The number of hydrogen-bond acceptors (Lipinski definition) is 2. The van der Waals surface area contributed by atoms with Crippen molar-refractivity contribution in [3.8, 4) is 0 Å². The number of likely N-dealkylation sites (tertiary alicyclic amines) is 1. The van der Waals surface area contributed by atoms with Crippen LogP contribution in [0.1, 0.15) is 66.7 Å². The Balaban J connectivity index is 2.60. The van der Waals surface area contributed by atoms with Gasteiger partial charge >= 0.3 is 0 Å². The van der Waals surface area contributed by atoms with E-state index in [-0.39, 0.29) is 0 Å². The van der Waals surface area contributed by atoms with Gasteiger partial charge < -0.3 is 5.32 Å². The van der Waals surface area contributed by atoms with Crippen molar-refractivity contribution in [2.45, 2.75) is 78.8 Å². The molecule has 0 aliphatic carbocycles. The van der Waals surface area contributed by atoms with Crippen LogP contribution >= 0.6 is 0 Å². The van der Waals surface area contributed by atoms with Crippen LogP contribution in [-0.4, -0.2) is 36.6 Å². The molecular weight excluding hydrogens is 220 g/mol. The molecule has 18 heavy (non-hydrogen) atoms. The first-order valence-electron chi connectivity index (χ1n) is 8.01. The summed E-state index contributed by atoms with van der Waals surface area (Å²) in [5.74, 6) is 0. The van der Waals surface area contributed by atoms with E-state index in [0.717, 1.165) is 6.04 Å². The van der Waals surface area contributed by atoms with Crippen LogP contribution in [0.15, 0.2) is 0 Å². The first-order valence-corrected chi connectivity index (χ1v) is 8.01. The zero-order valence-corrected chi connectivity index (χ0v) is 13.3. The largest absolute Gasteiger partial charge is 0.312 e. The van der Waals surface area contributed by atoms with Gasteiger partial charge in [-0.05, 0) is 44.2 Å². The molecule has 1 rings (SSSR count). The van der Waals surface area contributed by atoms with E-state index in [9.17, 15) is 0 Å². The van der Waals surface area contributed by atoms with Gasteiger partial charge in [0.25, 0.3) is 0 Å². The van der Waals surface area contributed by atoms with Crippen molar-refractivity contribution < 1.29 is 0 Å². The molecule has 2 unspecified atom stereocenters. The van der Waals surface area contributed by atoms with E-state index in [1.807, 2.05) is 0 Å². The van der Waals surface area contributed by atoms with Gasteiger partial charge in [-0.15, -0.1) is 0 Å². The second-order valence-electron chi connectivity index (χ2n) is 6.71. The Hall–Kier alpha value is -0.0800. The Morgan fingerprint density at radius 2 is 1.89 bits per heavy atom. The molecule has 0 radical (unpaired) electrons. The van der Waals surface area contributed by atoms with Gasteiger partial charge in [-0.2, -0.15) is 0 Å². The number of rotatable bonds is 8. The van der Waals surface area contributed by atoms with Crippen LogP contribution in [0.25, 0.3) is 0 Å². The second-order valence-corrected chi connectivity index (χ2v) is 6.71. The fraction of sp³-hybridized carbons (Fsp3) is 1.00. The van der Waals surface area contributed by atoms with Gasteiger partial charge in [-0.3, -0.25) is 4.90 Å². The molecule has 1 fully saturated rings. The third-order valence-corrected chi connectivity index (χ3v) is 4.31. The van der Waals surface area contributed by atoms with Crippen LogP contribution in [0.2, 0.25) is 0 Å². The lowest BCUT2D eigenvalue weighted by Crippen LogP contribution is -2.49. The molecule has 1 heterocycles. The SMILES string of the molecule is CCCNC(CCC)C(CC)N1CCC(C)(C)C1. The fourth-order valence-electron chi connectivity index (χ4n) is 3.31. The van der Waals surface area contributed by atoms with E-state index in [1.54, 1.807) is 0 Å². The maximum Gasteiger partial charge on any atom is 0.0246 e. The van der Waals surface area contributed by atoms with Gasteiger partial charge in [-0.1, -0.05) is 41.0 Å². The summed E-state index contributed by atoms with van der Waals surface area (Å²) in [6, 6.07) is 1.42. The fourth-order valence-corrected chi connectivity index (χ4v) is 3.31. The monoisotopic (exact) mass is 254 g/mol. The summed E-state index contributed by atoms with van der Waals surface area (Å²) in [7, 11) is 0. The van der Waals surface area contributed by atoms with Gasteiger partial charge in [-0.25, -0.2) is 0 Å². The van der Waals surface area contributed by atoms with E-state index < -0.39 is 0 Å². The number of hydrogen-bond donors (Lipinski definition) is 1. The molecule has 2 nitrogen and oxygen atoms in total. The van der Waals surface area contributed by atoms with Crippen LogP contribution in [0, 0.1) is 5.41 Å². The van der Waals surface area contributed by atoms with Crippen molar-refractivity contribution in [3.05, 3.63) is 0 Å². The molecule has 1 N–H and O–H groups in total. The lowest BCUT2D eigenvalue weighted by Gasteiger charge is -2.35. The van der Waals surface area contributed by atoms with Crippen molar-refractivity contribution in [1.29, 1.82) is 0 Å². The topological polar surface area (TPSA) is 15.3 Å². The molecule has 0 aromatic carbocycles. The standard InChI is InChI=1S/C16H34N2/c1-6-9-14(17-11-7-2)15(8-3)18-12-10-16(4,5)13-18/h14-15,17H,6-13H2,1-5H3. The van der Waals surface area contributed by atoms with Gasteiger partial charge in [0, 0.05) is 18.6 Å². The molecule has 1 aliphatic heterocycles. The Bertz CT molecular complexity index is 225. The first-order chi connectivity index (χ1) is 8.54. The van der Waals surface area contributed by atoms with Crippen LogP contribution in [-0.2, 0) is 0 Å². The average Bonchev–Trinajstić information content (AvgIpc) is 2.67. The Morgan fingerprint density at radius 3 is 2.33 bits per heavy atom. The number of nitrogens with zero attached hydrogens (tertiary/aromatic N) is 1. The molecule has 0 aromatic heterocycles. The van der Waals surface area contributed by atoms with Crippen LogP contribution in [0.3, 0.4) is 0 Å². The molecule has 0 bridgehead atoms. The normalized spacial score (nSPS) is 23.2. The second kappa shape index (κ2) is 7.49. The molecular formula is C16H34N2. The molecule has 2 atom stereocenters. The van der Waals surface area contributed by atoms with Crippen LogP contribution in [0.4, 0.5) is 0 Å². The van der Waals surface area contributed by atoms with E-state index in [1.165, 1.54) is 51.7 Å². The molecule has 2 heteroatoms. The molecule has 1 saturated heterocycles. The van der Waals surface area contributed by atoms with Crippen molar-refractivity contribution in [1.82, 2.24) is 10.2 Å². The zero-order chi connectivity index (χ0) is 13.6. The van der Waals surface area contributed by atoms with E-state index >= 15 is 0 Å². The predicted octanol–water partition coefficient (Wildman–Crippen LogP) is 3.67. The summed E-state index contributed by atoms with van der Waals surface area (Å²) in [5.41, 5.74) is 0.523. The van der Waals surface area contributed by atoms with Crippen molar-refractivity contribution >= 4 is 0 Å². The quantitative estimate of drug-likeness (QED) is 0.711. The van der Waals surface area contributed by atoms with E-state index in [2.05, 4.69) is 44.8 Å². The van der Waals surface area contributed by atoms with Crippen LogP contribution < -0.4 is 5.32 Å². The lowest BCUT2D eigenvalue weighted by atomic mass is 9.93. The molecule has 1 aliphatic rings. The van der Waals surface area contributed by atoms with Crippen molar-refractivity contribution in [3.63, 3.8) is 0 Å². The highest BCUT2D eigenvalue weighted by atomic mass is 15.2. The number of nitrogens with one attached hydrogen (secondary N) is 1. The van der Waals surface area contributed by atoms with Crippen molar-refractivity contribution in [2.24, 2.45) is 5.41 Å². The highest BCUT2D eigenvalue weighted by Crippen LogP contribution is 2.31. The van der Waals surface area contributed by atoms with Crippen LogP contribution in [0.5, 0.6) is 0 Å². The molecule has 0 amide bonds. The molecule has 0 spiro atoms. The Kier molecular flexibility index (Phi) is 6.65. The minimum Gasteiger partial charge on any atom is -0.312 e. The van der Waals surface area contributed by atoms with E-state index in [4.69, 9.17) is 0 Å². The Labute approximate surface area is 115 Å². The third kappa shape index (κ3) is 4.55. The maximum absolute atomic E-state index is 3.78. The molecule has 0 aromatic rings. The molecule has 108 valence electrons. The van der Waals surface area contributed by atoms with Gasteiger partial charge in [0.1, 0.15) is 0 Å². The summed E-state index contributed by atoms with van der Waals surface area (Å²) < 4.78 is 0. The summed E-state index contributed by atoms with van der Waals surface area (Å²) in [6.45, 7) is 15.5. The summed E-state index contributed by atoms with van der Waals surface area (Å²) in [6.07, 6.45) is 6.47. The third-order valence-electron chi connectivity index (χ3n) is 4.31. The Morgan fingerprint density at radius 1 is 1.17 bits per heavy atom. The van der Waals surface area contributed by atoms with Gasteiger partial charge in [0.15, 0.2) is 0 Å². The maximum atomic E-state index is 3.78. The smallest absolute Gasteiger partial charge is 0.0246 e. The zero-order valence-electron chi connectivity index (χ0n) is 13.3. The summed E-state index contributed by atoms with van der Waals surface area (Å²) >= 11 is 0. The highest BCUT2D eigenvalue weighted by molar-refractivity contribution is 4.91. The van der Waals surface area contributed by atoms with Gasteiger partial charge in [0.2, 0.25) is 0 Å². The summed E-state index contributed by atoms with van der Waals surface area (Å²) in [5, 5.41) is 3.78.